The van der Waals surface area contributed by atoms with Crippen LogP contribution in [0, 0.1) is 0 Å². The van der Waals surface area contributed by atoms with E-state index in [2.05, 4.69) is 18.1 Å². The standard InChI is InChI=1S/C14H16N2O/c1-4-6-7-8-11(5-2)12-9-10-13(17-3)16-14(12)15/h4-10H,1-2H2,3H3,(H2,15,16)/b7-6-,11-8+. The molecule has 0 spiro atoms. The van der Waals surface area contributed by atoms with Crippen LogP contribution < -0.4 is 10.5 Å². The summed E-state index contributed by atoms with van der Waals surface area (Å²) in [6, 6.07) is 3.62. The Morgan fingerprint density at radius 3 is 2.65 bits per heavy atom. The van der Waals surface area contributed by atoms with Crippen LogP contribution in [-0.2, 0) is 0 Å². The van der Waals surface area contributed by atoms with Gasteiger partial charge in [-0.1, -0.05) is 43.5 Å². The number of allylic oxidation sites excluding steroid dienone is 6. The second kappa shape index (κ2) is 6.33. The van der Waals surface area contributed by atoms with Crippen molar-refractivity contribution in [2.24, 2.45) is 0 Å². The molecule has 0 radical (unpaired) electrons. The van der Waals surface area contributed by atoms with Crippen molar-refractivity contribution in [3.8, 4) is 5.88 Å². The summed E-state index contributed by atoms with van der Waals surface area (Å²) in [5.41, 5.74) is 7.58. The molecular formula is C14H16N2O. The predicted octanol–water partition coefficient (Wildman–Crippen LogP) is 2.98. The van der Waals surface area contributed by atoms with Gasteiger partial charge >= 0.3 is 0 Å². The average molecular weight is 228 g/mol. The molecule has 1 heterocycles. The minimum atomic E-state index is 0.419. The van der Waals surface area contributed by atoms with Crippen molar-refractivity contribution in [3.63, 3.8) is 0 Å². The number of rotatable bonds is 5. The lowest BCUT2D eigenvalue weighted by atomic mass is 10.1. The highest BCUT2D eigenvalue weighted by Gasteiger charge is 2.04. The Morgan fingerprint density at radius 2 is 2.12 bits per heavy atom. The third-order valence-electron chi connectivity index (χ3n) is 2.16. The van der Waals surface area contributed by atoms with Crippen molar-refractivity contribution in [3.05, 3.63) is 61.2 Å². The normalized spacial score (nSPS) is 11.5. The van der Waals surface area contributed by atoms with E-state index >= 15 is 0 Å². The minimum absolute atomic E-state index is 0.419. The molecule has 0 aliphatic heterocycles. The van der Waals surface area contributed by atoms with Gasteiger partial charge in [-0.05, 0) is 11.6 Å². The maximum absolute atomic E-state index is 5.85. The zero-order chi connectivity index (χ0) is 12.7. The number of nitrogen functional groups attached to an aromatic ring is 1. The van der Waals surface area contributed by atoms with Crippen molar-refractivity contribution >= 4 is 11.4 Å². The fraction of sp³-hybridized carbons (Fsp3) is 0.0714. The van der Waals surface area contributed by atoms with Crippen molar-refractivity contribution in [2.75, 3.05) is 12.8 Å². The molecule has 0 fully saturated rings. The Labute approximate surface area is 102 Å². The minimum Gasteiger partial charge on any atom is -0.481 e. The second-order valence-electron chi connectivity index (χ2n) is 3.23. The van der Waals surface area contributed by atoms with Gasteiger partial charge in [-0.2, -0.15) is 4.98 Å². The summed E-state index contributed by atoms with van der Waals surface area (Å²) in [6.45, 7) is 7.36. The van der Waals surface area contributed by atoms with E-state index in [9.17, 15) is 0 Å². The molecule has 0 atom stereocenters. The molecule has 88 valence electrons. The van der Waals surface area contributed by atoms with Crippen LogP contribution in [0.15, 0.2) is 55.7 Å². The summed E-state index contributed by atoms with van der Waals surface area (Å²) in [5.74, 6) is 0.916. The molecule has 1 aromatic rings. The first-order valence-electron chi connectivity index (χ1n) is 5.15. The van der Waals surface area contributed by atoms with E-state index in [-0.39, 0.29) is 0 Å². The monoisotopic (exact) mass is 228 g/mol. The van der Waals surface area contributed by atoms with Gasteiger partial charge in [0.25, 0.3) is 0 Å². The average Bonchev–Trinajstić information content (AvgIpc) is 2.35. The smallest absolute Gasteiger partial charge is 0.214 e. The highest BCUT2D eigenvalue weighted by atomic mass is 16.5. The fourth-order valence-corrected chi connectivity index (χ4v) is 1.32. The highest BCUT2D eigenvalue weighted by molar-refractivity contribution is 5.80. The van der Waals surface area contributed by atoms with Crippen LogP contribution in [0.5, 0.6) is 5.88 Å². The Balaban J connectivity index is 3.12. The van der Waals surface area contributed by atoms with Gasteiger partial charge in [0, 0.05) is 11.6 Å². The van der Waals surface area contributed by atoms with Gasteiger partial charge in [0.1, 0.15) is 5.82 Å². The molecular weight excluding hydrogens is 212 g/mol. The SMILES string of the molecule is C=C/C=C\C=C(/C=C)c1ccc(OC)nc1N. The summed E-state index contributed by atoms with van der Waals surface area (Å²) in [6.07, 6.45) is 9.03. The molecule has 0 aliphatic carbocycles. The van der Waals surface area contributed by atoms with E-state index in [1.165, 1.54) is 0 Å². The van der Waals surface area contributed by atoms with Crippen LogP contribution in [-0.4, -0.2) is 12.1 Å². The van der Waals surface area contributed by atoms with E-state index < -0.39 is 0 Å². The van der Waals surface area contributed by atoms with Gasteiger partial charge in [0.05, 0.1) is 7.11 Å². The lowest BCUT2D eigenvalue weighted by molar-refractivity contribution is 0.398. The van der Waals surface area contributed by atoms with E-state index in [1.807, 2.05) is 24.3 Å². The summed E-state index contributed by atoms with van der Waals surface area (Å²) in [7, 11) is 1.55. The number of hydrogen-bond donors (Lipinski definition) is 1. The van der Waals surface area contributed by atoms with Gasteiger partial charge < -0.3 is 10.5 Å². The topological polar surface area (TPSA) is 48.1 Å². The zero-order valence-electron chi connectivity index (χ0n) is 9.89. The summed E-state index contributed by atoms with van der Waals surface area (Å²) >= 11 is 0. The molecule has 0 aliphatic rings. The Morgan fingerprint density at radius 1 is 1.35 bits per heavy atom. The quantitative estimate of drug-likeness (QED) is 0.788. The van der Waals surface area contributed by atoms with Crippen molar-refractivity contribution in [1.82, 2.24) is 4.98 Å². The molecule has 0 bridgehead atoms. The van der Waals surface area contributed by atoms with E-state index in [0.717, 1.165) is 11.1 Å². The van der Waals surface area contributed by atoms with Crippen molar-refractivity contribution in [2.45, 2.75) is 0 Å². The molecule has 1 aromatic heterocycles. The molecule has 1 rings (SSSR count). The molecule has 0 saturated carbocycles. The first-order chi connectivity index (χ1) is 8.22. The number of anilines is 1. The van der Waals surface area contributed by atoms with Crippen LogP contribution in [0.3, 0.4) is 0 Å². The van der Waals surface area contributed by atoms with Gasteiger partial charge in [-0.15, -0.1) is 0 Å². The molecule has 0 aromatic carbocycles. The first kappa shape index (κ1) is 12.8. The van der Waals surface area contributed by atoms with Crippen LogP contribution in [0.2, 0.25) is 0 Å². The van der Waals surface area contributed by atoms with Crippen LogP contribution in [0.1, 0.15) is 5.56 Å². The molecule has 3 heteroatoms. The van der Waals surface area contributed by atoms with Crippen molar-refractivity contribution in [1.29, 1.82) is 0 Å². The van der Waals surface area contributed by atoms with Gasteiger partial charge in [0.2, 0.25) is 5.88 Å². The molecule has 0 unspecified atom stereocenters. The summed E-state index contributed by atoms with van der Waals surface area (Å²) in [5, 5.41) is 0. The molecule has 3 nitrogen and oxygen atoms in total. The lowest BCUT2D eigenvalue weighted by Crippen LogP contribution is -1.98. The first-order valence-corrected chi connectivity index (χ1v) is 5.15. The number of methoxy groups -OCH3 is 1. The Kier molecular flexibility index (Phi) is 4.76. The highest BCUT2D eigenvalue weighted by Crippen LogP contribution is 2.23. The number of nitrogens with two attached hydrogens (primary N) is 1. The number of nitrogens with zero attached hydrogens (tertiary/aromatic N) is 1. The molecule has 2 N–H and O–H groups in total. The van der Waals surface area contributed by atoms with Crippen LogP contribution in [0.25, 0.3) is 5.57 Å². The van der Waals surface area contributed by atoms with Crippen molar-refractivity contribution < 1.29 is 4.74 Å². The van der Waals surface area contributed by atoms with E-state index in [1.54, 1.807) is 25.3 Å². The van der Waals surface area contributed by atoms with Crippen LogP contribution >= 0.6 is 0 Å². The molecule has 17 heavy (non-hydrogen) atoms. The third kappa shape index (κ3) is 3.34. The number of hydrogen-bond acceptors (Lipinski definition) is 3. The third-order valence-corrected chi connectivity index (χ3v) is 2.16. The lowest BCUT2D eigenvalue weighted by Gasteiger charge is -2.06. The van der Waals surface area contributed by atoms with E-state index in [4.69, 9.17) is 10.5 Å². The zero-order valence-corrected chi connectivity index (χ0v) is 9.89. The van der Waals surface area contributed by atoms with Crippen LogP contribution in [0.4, 0.5) is 5.82 Å². The summed E-state index contributed by atoms with van der Waals surface area (Å²) < 4.78 is 5.00. The Hall–Kier alpha value is -2.29. The van der Waals surface area contributed by atoms with Gasteiger partial charge in [-0.3, -0.25) is 0 Å². The maximum atomic E-state index is 5.85. The maximum Gasteiger partial charge on any atom is 0.214 e. The Bertz CT molecular complexity index is 473. The fourth-order valence-electron chi connectivity index (χ4n) is 1.32. The van der Waals surface area contributed by atoms with Gasteiger partial charge in [0.15, 0.2) is 0 Å². The molecule has 0 amide bonds. The van der Waals surface area contributed by atoms with E-state index in [0.29, 0.717) is 11.7 Å². The molecule has 0 saturated heterocycles. The second-order valence-corrected chi connectivity index (χ2v) is 3.23. The predicted molar refractivity (Wildman–Crippen MR) is 72.7 cm³/mol. The number of pyridine rings is 1. The summed E-state index contributed by atoms with van der Waals surface area (Å²) in [4.78, 5) is 4.11. The van der Waals surface area contributed by atoms with Gasteiger partial charge in [-0.25, -0.2) is 0 Å². The number of ether oxygens (including phenoxy) is 1. The largest absolute Gasteiger partial charge is 0.481 e. The number of aromatic nitrogens is 1.